The first kappa shape index (κ1) is 12.5. The van der Waals surface area contributed by atoms with Crippen LogP contribution in [0.2, 0.25) is 0 Å². The van der Waals surface area contributed by atoms with E-state index < -0.39 is 0 Å². The fourth-order valence-electron chi connectivity index (χ4n) is 2.48. The minimum Gasteiger partial charge on any atom is -0.395 e. The van der Waals surface area contributed by atoms with E-state index in [-0.39, 0.29) is 18.8 Å². The summed E-state index contributed by atoms with van der Waals surface area (Å²) in [7, 11) is 3.70. The van der Waals surface area contributed by atoms with Gasteiger partial charge in [-0.1, -0.05) is 0 Å². The summed E-state index contributed by atoms with van der Waals surface area (Å²) in [6.07, 6.45) is 3.97. The van der Waals surface area contributed by atoms with Crippen molar-refractivity contribution in [2.45, 2.75) is 25.0 Å². The van der Waals surface area contributed by atoms with Gasteiger partial charge in [0.15, 0.2) is 0 Å². The van der Waals surface area contributed by atoms with E-state index in [2.05, 4.69) is 10.00 Å². The van der Waals surface area contributed by atoms with Gasteiger partial charge in [-0.25, -0.2) is 0 Å². The van der Waals surface area contributed by atoms with Crippen LogP contribution in [0.1, 0.15) is 12.1 Å². The van der Waals surface area contributed by atoms with E-state index in [4.69, 9.17) is 4.74 Å². The van der Waals surface area contributed by atoms with Crippen molar-refractivity contribution >= 4 is 0 Å². The minimum absolute atomic E-state index is 0.214. The van der Waals surface area contributed by atoms with Crippen LogP contribution in [0.15, 0.2) is 12.3 Å². The largest absolute Gasteiger partial charge is 0.395 e. The monoisotopic (exact) mass is 239 g/mol. The molecule has 1 aliphatic heterocycles. The molecule has 0 aromatic carbocycles. The molecule has 0 radical (unpaired) electrons. The molecule has 1 saturated heterocycles. The smallest absolute Gasteiger partial charge is 0.0714 e. The maximum absolute atomic E-state index is 9.35. The van der Waals surface area contributed by atoms with Crippen molar-refractivity contribution in [1.29, 1.82) is 0 Å². The van der Waals surface area contributed by atoms with E-state index in [0.717, 1.165) is 25.9 Å². The van der Waals surface area contributed by atoms with Gasteiger partial charge in [0, 0.05) is 51.6 Å². The van der Waals surface area contributed by atoms with Gasteiger partial charge in [0.1, 0.15) is 0 Å². The Morgan fingerprint density at radius 2 is 2.41 bits per heavy atom. The molecule has 5 nitrogen and oxygen atoms in total. The van der Waals surface area contributed by atoms with Crippen LogP contribution in [-0.2, 0) is 18.2 Å². The summed E-state index contributed by atoms with van der Waals surface area (Å²) in [4.78, 5) is 2.31. The maximum atomic E-state index is 9.35. The molecule has 1 fully saturated rings. The first-order valence-electron chi connectivity index (χ1n) is 6.09. The van der Waals surface area contributed by atoms with Crippen molar-refractivity contribution in [2.75, 3.05) is 26.8 Å². The van der Waals surface area contributed by atoms with Crippen LogP contribution >= 0.6 is 0 Å². The molecule has 0 amide bonds. The summed E-state index contributed by atoms with van der Waals surface area (Å²) in [5.74, 6) is 0. The molecule has 0 unspecified atom stereocenters. The number of rotatable bonds is 5. The molecular formula is C12H21N3O2. The summed E-state index contributed by atoms with van der Waals surface area (Å²) in [6, 6.07) is 2.28. The molecule has 0 aliphatic carbocycles. The Morgan fingerprint density at radius 3 is 3.00 bits per heavy atom. The summed E-state index contributed by atoms with van der Waals surface area (Å²) >= 11 is 0. The molecule has 5 heteroatoms. The van der Waals surface area contributed by atoms with Gasteiger partial charge >= 0.3 is 0 Å². The molecule has 17 heavy (non-hydrogen) atoms. The lowest BCUT2D eigenvalue weighted by Crippen LogP contribution is -2.34. The van der Waals surface area contributed by atoms with Crippen LogP contribution in [0.25, 0.3) is 0 Å². The van der Waals surface area contributed by atoms with Gasteiger partial charge in [0.2, 0.25) is 0 Å². The molecule has 2 rings (SSSR count). The first-order valence-corrected chi connectivity index (χ1v) is 6.09. The standard InChI is InChI=1S/C12H21N3O2/c1-14-10(3-5-13-14)4-6-15-8-12(17-2)7-11(15)9-16/h3,5,11-12,16H,4,6-9H2,1-2H3/t11-,12-/m0/s1. The lowest BCUT2D eigenvalue weighted by molar-refractivity contribution is 0.108. The molecular weight excluding hydrogens is 218 g/mol. The second kappa shape index (κ2) is 5.62. The number of aliphatic hydroxyl groups excluding tert-OH is 1. The van der Waals surface area contributed by atoms with Crippen molar-refractivity contribution in [3.63, 3.8) is 0 Å². The zero-order valence-electron chi connectivity index (χ0n) is 10.5. The number of hydrogen-bond donors (Lipinski definition) is 1. The van der Waals surface area contributed by atoms with Gasteiger partial charge in [-0.2, -0.15) is 5.10 Å². The lowest BCUT2D eigenvalue weighted by Gasteiger charge is -2.22. The maximum Gasteiger partial charge on any atom is 0.0714 e. The molecule has 0 saturated carbocycles. The normalized spacial score (nSPS) is 25.6. The highest BCUT2D eigenvalue weighted by Crippen LogP contribution is 2.19. The highest BCUT2D eigenvalue weighted by Gasteiger charge is 2.31. The molecule has 1 aromatic heterocycles. The Kier molecular flexibility index (Phi) is 4.15. The Morgan fingerprint density at radius 1 is 1.59 bits per heavy atom. The van der Waals surface area contributed by atoms with Crippen LogP contribution in [-0.4, -0.2) is 58.7 Å². The first-order chi connectivity index (χ1) is 8.24. The summed E-state index contributed by atoms with van der Waals surface area (Å²) < 4.78 is 7.26. The topological polar surface area (TPSA) is 50.5 Å². The molecule has 0 bridgehead atoms. The van der Waals surface area contributed by atoms with E-state index in [1.165, 1.54) is 5.69 Å². The van der Waals surface area contributed by atoms with Crippen LogP contribution in [0.3, 0.4) is 0 Å². The number of nitrogens with zero attached hydrogens (tertiary/aromatic N) is 3. The fraction of sp³-hybridized carbons (Fsp3) is 0.750. The molecule has 0 spiro atoms. The Bertz CT molecular complexity index is 353. The summed E-state index contributed by atoms with van der Waals surface area (Å²) in [5, 5.41) is 13.5. The fourth-order valence-corrected chi connectivity index (χ4v) is 2.48. The van der Waals surface area contributed by atoms with E-state index in [0.29, 0.717) is 0 Å². The molecule has 2 heterocycles. The minimum atomic E-state index is 0.214. The second-order valence-electron chi connectivity index (χ2n) is 4.62. The molecule has 1 N–H and O–H groups in total. The van der Waals surface area contributed by atoms with Crippen LogP contribution < -0.4 is 0 Å². The number of likely N-dealkylation sites (tertiary alicyclic amines) is 1. The third kappa shape index (κ3) is 2.86. The summed E-state index contributed by atoms with van der Waals surface area (Å²) in [5.41, 5.74) is 1.22. The van der Waals surface area contributed by atoms with Gasteiger partial charge in [-0.3, -0.25) is 9.58 Å². The third-order valence-electron chi connectivity index (χ3n) is 3.61. The van der Waals surface area contributed by atoms with Crippen molar-refractivity contribution in [3.05, 3.63) is 18.0 Å². The zero-order valence-corrected chi connectivity index (χ0v) is 10.5. The Labute approximate surface area is 102 Å². The van der Waals surface area contributed by atoms with Gasteiger partial charge in [0.25, 0.3) is 0 Å². The lowest BCUT2D eigenvalue weighted by atomic mass is 10.2. The number of methoxy groups -OCH3 is 1. The number of hydrogen-bond acceptors (Lipinski definition) is 4. The average Bonchev–Trinajstić information content (AvgIpc) is 2.92. The quantitative estimate of drug-likeness (QED) is 0.788. The Hall–Kier alpha value is -0.910. The third-order valence-corrected chi connectivity index (χ3v) is 3.61. The van der Waals surface area contributed by atoms with E-state index in [1.807, 2.05) is 24.0 Å². The van der Waals surface area contributed by atoms with Crippen molar-refractivity contribution in [1.82, 2.24) is 14.7 Å². The molecule has 1 aromatic rings. The van der Waals surface area contributed by atoms with Gasteiger partial charge in [-0.15, -0.1) is 0 Å². The van der Waals surface area contributed by atoms with E-state index in [9.17, 15) is 5.11 Å². The van der Waals surface area contributed by atoms with E-state index >= 15 is 0 Å². The van der Waals surface area contributed by atoms with Gasteiger partial charge < -0.3 is 9.84 Å². The SMILES string of the molecule is CO[C@H]1C[C@@H](CO)N(CCc2ccnn2C)C1. The van der Waals surface area contributed by atoms with Crippen molar-refractivity contribution < 1.29 is 9.84 Å². The molecule has 1 aliphatic rings. The number of aryl methyl sites for hydroxylation is 1. The highest BCUT2D eigenvalue weighted by atomic mass is 16.5. The van der Waals surface area contributed by atoms with Crippen LogP contribution in [0.4, 0.5) is 0 Å². The van der Waals surface area contributed by atoms with Gasteiger partial charge in [-0.05, 0) is 12.5 Å². The molecule has 96 valence electrons. The number of ether oxygens (including phenoxy) is 1. The Balaban J connectivity index is 1.88. The van der Waals surface area contributed by atoms with Crippen LogP contribution in [0, 0.1) is 0 Å². The summed E-state index contributed by atoms with van der Waals surface area (Å²) in [6.45, 7) is 2.08. The number of aliphatic hydroxyl groups is 1. The zero-order chi connectivity index (χ0) is 12.3. The molecule has 2 atom stereocenters. The number of aromatic nitrogens is 2. The van der Waals surface area contributed by atoms with Crippen molar-refractivity contribution in [3.8, 4) is 0 Å². The predicted molar refractivity (Wildman–Crippen MR) is 64.8 cm³/mol. The van der Waals surface area contributed by atoms with Crippen LogP contribution in [0.5, 0.6) is 0 Å². The second-order valence-corrected chi connectivity index (χ2v) is 4.62. The van der Waals surface area contributed by atoms with Crippen molar-refractivity contribution in [2.24, 2.45) is 7.05 Å². The van der Waals surface area contributed by atoms with Gasteiger partial charge in [0.05, 0.1) is 12.7 Å². The van der Waals surface area contributed by atoms with E-state index in [1.54, 1.807) is 7.11 Å². The highest BCUT2D eigenvalue weighted by molar-refractivity contribution is 5.01. The average molecular weight is 239 g/mol. The predicted octanol–water partition coefficient (Wildman–Crippen LogP) is 0.0442.